The lowest BCUT2D eigenvalue weighted by atomic mass is 9.67. The van der Waals surface area contributed by atoms with Gasteiger partial charge in [0.1, 0.15) is 0 Å². The maximum Gasteiger partial charge on any atom is 0.179 e. The highest BCUT2D eigenvalue weighted by atomic mass is 28.3. The SMILES string of the molecule is c1ccc(C2(c3ccccc3)c3ccccc3-c3c(-c4ccc5c6ccccc6n(-c6cccc7c6c6ccccc6n7-c6cccc([Si](c7ccccc7)(c7ccccc7)c7ccccc7)c6)c5c4)cccc32)cc1. The van der Waals surface area contributed by atoms with Gasteiger partial charge in [-0.3, -0.25) is 0 Å². The lowest BCUT2D eigenvalue weighted by Gasteiger charge is -2.34. The van der Waals surface area contributed by atoms with Crippen LogP contribution < -0.4 is 20.7 Å². The molecule has 3 heteroatoms. The average molecular weight is 983 g/mol. The number of rotatable bonds is 9. The molecular formula is C73H50N2Si. The van der Waals surface area contributed by atoms with Crippen LogP contribution in [0.2, 0.25) is 0 Å². The van der Waals surface area contributed by atoms with Crippen molar-refractivity contribution in [3.8, 4) is 33.6 Å². The van der Waals surface area contributed by atoms with E-state index in [1.807, 2.05) is 0 Å². The number of fused-ring (bicyclic) bond motifs is 9. The molecule has 1 aliphatic carbocycles. The van der Waals surface area contributed by atoms with Gasteiger partial charge in [0.25, 0.3) is 0 Å². The third-order valence-electron chi connectivity index (χ3n) is 16.5. The molecule has 0 N–H and O–H groups in total. The van der Waals surface area contributed by atoms with Crippen molar-refractivity contribution in [1.29, 1.82) is 0 Å². The Hall–Kier alpha value is -9.54. The summed E-state index contributed by atoms with van der Waals surface area (Å²) in [6.45, 7) is 0. The Kier molecular flexibility index (Phi) is 10.2. The van der Waals surface area contributed by atoms with Gasteiger partial charge in [0.2, 0.25) is 0 Å². The molecular weight excluding hydrogens is 933 g/mol. The van der Waals surface area contributed by atoms with E-state index in [2.05, 4.69) is 312 Å². The van der Waals surface area contributed by atoms with E-state index in [9.17, 15) is 0 Å². The van der Waals surface area contributed by atoms with Crippen LogP contribution in [0.4, 0.5) is 0 Å². The summed E-state index contributed by atoms with van der Waals surface area (Å²) in [5.41, 5.74) is 16.7. The molecule has 0 bridgehead atoms. The highest BCUT2D eigenvalue weighted by Gasteiger charge is 2.47. The monoisotopic (exact) mass is 982 g/mol. The smallest absolute Gasteiger partial charge is 0.179 e. The van der Waals surface area contributed by atoms with Gasteiger partial charge < -0.3 is 9.13 Å². The second-order valence-electron chi connectivity index (χ2n) is 20.3. The molecule has 0 aliphatic heterocycles. The summed E-state index contributed by atoms with van der Waals surface area (Å²) in [7, 11) is -2.81. The standard InChI is InChI=1S/C73H50N2Si/c1-6-25-52(26-7-1)73(53-27-8-2-9-28-53)64-41-19-16-38-62(64)71-59(40-23-42-65(71)73)51-47-48-61-60-37-17-20-43-66(60)75(70(61)49-51)69-46-24-45-68-72(69)63-39-18-21-44-67(63)74(68)54-29-22-36-58(50-54)76(55-30-10-3-11-31-55,56-32-12-4-13-33-56)57-34-14-5-15-35-57/h1-50H. The summed E-state index contributed by atoms with van der Waals surface area (Å²) in [6, 6.07) is 113. The molecule has 0 spiro atoms. The van der Waals surface area contributed by atoms with Gasteiger partial charge in [0.05, 0.1) is 33.2 Å². The molecule has 356 valence electrons. The Morgan fingerprint density at radius 3 is 1.42 bits per heavy atom. The van der Waals surface area contributed by atoms with Crippen molar-refractivity contribution < 1.29 is 0 Å². The Morgan fingerprint density at radius 1 is 0.289 bits per heavy atom. The van der Waals surface area contributed by atoms with Crippen molar-refractivity contribution >= 4 is 72.4 Å². The molecule has 2 heterocycles. The van der Waals surface area contributed by atoms with Crippen molar-refractivity contribution in [3.05, 3.63) is 326 Å². The van der Waals surface area contributed by atoms with Crippen LogP contribution in [0.25, 0.3) is 77.2 Å². The molecule has 0 radical (unpaired) electrons. The Morgan fingerprint density at radius 2 is 0.763 bits per heavy atom. The number of aromatic nitrogens is 2. The highest BCUT2D eigenvalue weighted by Crippen LogP contribution is 2.58. The molecule has 0 amide bonds. The van der Waals surface area contributed by atoms with Crippen LogP contribution >= 0.6 is 0 Å². The fourth-order valence-corrected chi connectivity index (χ4v) is 18.3. The summed E-state index contributed by atoms with van der Waals surface area (Å²) in [5, 5.41) is 10.3. The molecule has 12 aromatic carbocycles. The first kappa shape index (κ1) is 44.0. The van der Waals surface area contributed by atoms with Gasteiger partial charge >= 0.3 is 0 Å². The van der Waals surface area contributed by atoms with E-state index in [1.165, 1.54) is 109 Å². The van der Waals surface area contributed by atoms with Gasteiger partial charge in [0, 0.05) is 27.2 Å². The summed E-state index contributed by atoms with van der Waals surface area (Å²) in [6.07, 6.45) is 0. The van der Waals surface area contributed by atoms with Gasteiger partial charge in [-0.25, -0.2) is 0 Å². The molecule has 14 aromatic rings. The summed E-state index contributed by atoms with van der Waals surface area (Å²) in [4.78, 5) is 0. The minimum Gasteiger partial charge on any atom is -0.309 e. The third kappa shape index (κ3) is 6.33. The number of para-hydroxylation sites is 2. The van der Waals surface area contributed by atoms with Gasteiger partial charge in [0.15, 0.2) is 8.07 Å². The third-order valence-corrected chi connectivity index (χ3v) is 21.3. The number of nitrogens with zero attached hydrogens (tertiary/aromatic N) is 2. The van der Waals surface area contributed by atoms with Crippen molar-refractivity contribution in [2.45, 2.75) is 5.41 Å². The zero-order valence-corrected chi connectivity index (χ0v) is 42.8. The Labute approximate surface area is 443 Å². The number of benzene rings is 12. The van der Waals surface area contributed by atoms with E-state index >= 15 is 0 Å². The topological polar surface area (TPSA) is 9.86 Å². The minimum absolute atomic E-state index is 0.485. The average Bonchev–Trinajstić information content (AvgIpc) is 4.29. The van der Waals surface area contributed by atoms with Crippen LogP contribution in [0.1, 0.15) is 22.3 Å². The first-order valence-corrected chi connectivity index (χ1v) is 28.4. The van der Waals surface area contributed by atoms with E-state index in [1.54, 1.807) is 0 Å². The first-order chi connectivity index (χ1) is 37.7. The van der Waals surface area contributed by atoms with Crippen LogP contribution in [-0.2, 0) is 5.41 Å². The van der Waals surface area contributed by atoms with E-state index in [4.69, 9.17) is 0 Å². The molecule has 2 aromatic heterocycles. The molecule has 2 nitrogen and oxygen atoms in total. The lowest BCUT2D eigenvalue weighted by molar-refractivity contribution is 0.768. The van der Waals surface area contributed by atoms with Gasteiger partial charge in [-0.05, 0) is 108 Å². The lowest BCUT2D eigenvalue weighted by Crippen LogP contribution is -2.74. The van der Waals surface area contributed by atoms with Crippen molar-refractivity contribution in [2.75, 3.05) is 0 Å². The van der Waals surface area contributed by atoms with E-state index in [0.29, 0.717) is 0 Å². The molecule has 0 unspecified atom stereocenters. The van der Waals surface area contributed by atoms with Crippen LogP contribution in [0.5, 0.6) is 0 Å². The zero-order valence-electron chi connectivity index (χ0n) is 41.8. The Balaban J connectivity index is 0.963. The van der Waals surface area contributed by atoms with Crippen LogP contribution in [-0.4, -0.2) is 17.2 Å². The predicted octanol–water partition coefficient (Wildman–Crippen LogP) is 15.3. The minimum atomic E-state index is -2.81. The number of hydrogen-bond donors (Lipinski definition) is 0. The Bertz CT molecular complexity index is 4360. The number of hydrogen-bond acceptors (Lipinski definition) is 0. The fourth-order valence-electron chi connectivity index (χ4n) is 13.5. The van der Waals surface area contributed by atoms with Crippen molar-refractivity contribution in [1.82, 2.24) is 9.13 Å². The first-order valence-electron chi connectivity index (χ1n) is 26.4. The fraction of sp³-hybridized carbons (Fsp3) is 0.0137. The summed E-state index contributed by atoms with van der Waals surface area (Å²) >= 11 is 0. The highest BCUT2D eigenvalue weighted by molar-refractivity contribution is 7.19. The second-order valence-corrected chi connectivity index (χ2v) is 24.1. The van der Waals surface area contributed by atoms with Crippen molar-refractivity contribution in [3.63, 3.8) is 0 Å². The maximum absolute atomic E-state index is 2.81. The quantitative estimate of drug-likeness (QED) is 0.101. The van der Waals surface area contributed by atoms with E-state index in [0.717, 1.165) is 11.4 Å². The largest absolute Gasteiger partial charge is 0.309 e. The molecule has 76 heavy (non-hydrogen) atoms. The molecule has 0 fully saturated rings. The second kappa shape index (κ2) is 17.6. The van der Waals surface area contributed by atoms with E-state index in [-0.39, 0.29) is 0 Å². The summed E-state index contributed by atoms with van der Waals surface area (Å²) < 4.78 is 5.05. The summed E-state index contributed by atoms with van der Waals surface area (Å²) in [5.74, 6) is 0. The molecule has 15 rings (SSSR count). The maximum atomic E-state index is 2.54. The van der Waals surface area contributed by atoms with Crippen molar-refractivity contribution in [2.24, 2.45) is 0 Å². The normalized spacial score (nSPS) is 12.8. The molecule has 0 atom stereocenters. The molecule has 0 saturated carbocycles. The van der Waals surface area contributed by atoms with Gasteiger partial charge in [-0.2, -0.15) is 0 Å². The van der Waals surface area contributed by atoms with E-state index < -0.39 is 13.5 Å². The molecule has 0 saturated heterocycles. The van der Waals surface area contributed by atoms with Crippen LogP contribution in [0.3, 0.4) is 0 Å². The molecule has 1 aliphatic rings. The van der Waals surface area contributed by atoms with Gasteiger partial charge in [-0.1, -0.05) is 261 Å². The van der Waals surface area contributed by atoms with Crippen LogP contribution in [0.15, 0.2) is 303 Å². The van der Waals surface area contributed by atoms with Crippen LogP contribution in [0, 0.1) is 0 Å². The predicted molar refractivity (Wildman–Crippen MR) is 321 cm³/mol. The zero-order chi connectivity index (χ0) is 50.2. The van der Waals surface area contributed by atoms with Gasteiger partial charge in [-0.15, -0.1) is 0 Å².